The van der Waals surface area contributed by atoms with Gasteiger partial charge in [0, 0.05) is 6.92 Å². The number of carbonyl (C=O) groups excluding carboxylic acids is 1. The second kappa shape index (κ2) is 1.52. The second-order valence-electron chi connectivity index (χ2n) is 0.862. The molecule has 7 heavy (non-hydrogen) atoms. The quantitative estimate of drug-likeness (QED) is 0.451. The van der Waals surface area contributed by atoms with Gasteiger partial charge in [-0.15, -0.1) is 0 Å². The van der Waals surface area contributed by atoms with Crippen LogP contribution in [0.5, 0.6) is 0 Å². The molecule has 40 valence electrons. The van der Waals surface area contributed by atoms with Gasteiger partial charge in [0.1, 0.15) is 0 Å². The highest BCUT2D eigenvalue weighted by Crippen LogP contribution is 2.14. The van der Waals surface area contributed by atoms with Gasteiger partial charge >= 0.3 is 6.18 Å². The molecule has 0 atom stereocenters. The van der Waals surface area contributed by atoms with E-state index in [1.165, 1.54) is 0 Å². The van der Waals surface area contributed by atoms with E-state index in [0.29, 0.717) is 0 Å². The van der Waals surface area contributed by atoms with Gasteiger partial charge in [0.05, 0.1) is 0 Å². The Labute approximate surface area is 38.1 Å². The van der Waals surface area contributed by atoms with Crippen molar-refractivity contribution >= 4 is 5.78 Å². The van der Waals surface area contributed by atoms with Crippen LogP contribution < -0.4 is 0 Å². The van der Waals surface area contributed by atoms with Crippen molar-refractivity contribution in [3.05, 3.63) is 6.92 Å². The number of hydrogen-bond acceptors (Lipinski definition) is 1. The Hall–Kier alpha value is -0.540. The number of halogens is 3. The Bertz CT molecular complexity index is 82.7. The first-order valence-corrected chi connectivity index (χ1v) is 1.31. The van der Waals surface area contributed by atoms with Crippen LogP contribution >= 0.6 is 0 Å². The topological polar surface area (TPSA) is 17.1 Å². The Morgan fingerprint density at radius 3 is 1.57 bits per heavy atom. The van der Waals surface area contributed by atoms with Gasteiger partial charge in [0.15, 0.2) is 0 Å². The van der Waals surface area contributed by atoms with Gasteiger partial charge in [0.25, 0.3) is 0 Å². The van der Waals surface area contributed by atoms with Gasteiger partial charge in [-0.2, -0.15) is 13.2 Å². The van der Waals surface area contributed by atoms with Crippen molar-refractivity contribution in [2.24, 2.45) is 0 Å². The molecule has 2 radical (unpaired) electrons. The lowest BCUT2D eigenvalue weighted by atomic mass is 10.5. The van der Waals surface area contributed by atoms with Crippen LogP contribution in [-0.2, 0) is 4.79 Å². The van der Waals surface area contributed by atoms with Crippen molar-refractivity contribution in [2.45, 2.75) is 6.18 Å². The lowest BCUT2D eigenvalue weighted by molar-refractivity contribution is -0.165. The van der Waals surface area contributed by atoms with Crippen molar-refractivity contribution in [3.63, 3.8) is 0 Å². The molecule has 1 nitrogen and oxygen atoms in total. The van der Waals surface area contributed by atoms with Crippen molar-refractivity contribution in [1.82, 2.24) is 0 Å². The Balaban J connectivity index is 3.79. The minimum Gasteiger partial charge on any atom is -0.289 e. The fourth-order valence-electron chi connectivity index (χ4n) is 0. The first-order valence-electron chi connectivity index (χ1n) is 1.31. The lowest BCUT2D eigenvalue weighted by Gasteiger charge is -1.95. The minimum atomic E-state index is -4.86. The molecule has 0 aromatic rings. The maximum absolute atomic E-state index is 10.7. The van der Waals surface area contributed by atoms with Crippen molar-refractivity contribution in [2.75, 3.05) is 0 Å². The van der Waals surface area contributed by atoms with E-state index in [0.717, 1.165) is 0 Å². The summed E-state index contributed by atoms with van der Waals surface area (Å²) < 4.78 is 32.1. The van der Waals surface area contributed by atoms with E-state index in [1.54, 1.807) is 0 Å². The van der Waals surface area contributed by atoms with Gasteiger partial charge < -0.3 is 0 Å². The Morgan fingerprint density at radius 1 is 1.43 bits per heavy atom. The highest BCUT2D eigenvalue weighted by atomic mass is 19.4. The SMILES string of the molecule is [CH]C(=O)C(F)(F)F. The summed E-state index contributed by atoms with van der Waals surface area (Å²) in [7, 11) is 0. The van der Waals surface area contributed by atoms with Gasteiger partial charge in [-0.1, -0.05) is 0 Å². The second-order valence-corrected chi connectivity index (χ2v) is 0.862. The van der Waals surface area contributed by atoms with Gasteiger partial charge in [-0.05, 0) is 0 Å². The molecule has 0 saturated heterocycles. The average Bonchev–Trinajstić information content (AvgIpc) is 1.31. The average molecular weight is 110 g/mol. The molecular weight excluding hydrogens is 109 g/mol. The third-order valence-electron chi connectivity index (χ3n) is 0.279. The van der Waals surface area contributed by atoms with Crippen LogP contribution in [0.2, 0.25) is 0 Å². The summed E-state index contributed by atoms with van der Waals surface area (Å²) in [6, 6.07) is 0. The first kappa shape index (κ1) is 6.46. The van der Waals surface area contributed by atoms with Crippen LogP contribution in [0.25, 0.3) is 0 Å². The predicted octanol–water partition coefficient (Wildman–Crippen LogP) is 0.829. The normalized spacial score (nSPS) is 11.4. The molecule has 0 aliphatic heterocycles. The molecule has 0 aliphatic carbocycles. The maximum Gasteiger partial charge on any atom is 0.450 e. The fourth-order valence-corrected chi connectivity index (χ4v) is 0. The first-order chi connectivity index (χ1) is 2.94. The number of alkyl halides is 3. The zero-order valence-electron chi connectivity index (χ0n) is 3.12. The number of carbonyl (C=O) groups is 1. The fraction of sp³-hybridized carbons (Fsp3) is 0.333. The molecule has 0 aromatic heterocycles. The number of hydrogen-bond donors (Lipinski definition) is 0. The summed E-state index contributed by atoms with van der Waals surface area (Å²) in [5.41, 5.74) is 0. The van der Waals surface area contributed by atoms with E-state index < -0.39 is 12.0 Å². The van der Waals surface area contributed by atoms with Gasteiger partial charge in [-0.3, -0.25) is 4.79 Å². The minimum absolute atomic E-state index is 2.26. The smallest absolute Gasteiger partial charge is 0.289 e. The molecule has 0 N–H and O–H groups in total. The van der Waals surface area contributed by atoms with E-state index in [1.807, 2.05) is 0 Å². The Morgan fingerprint density at radius 2 is 1.57 bits per heavy atom. The van der Waals surface area contributed by atoms with Crippen LogP contribution in [-0.4, -0.2) is 12.0 Å². The zero-order valence-corrected chi connectivity index (χ0v) is 3.12. The van der Waals surface area contributed by atoms with E-state index in [-0.39, 0.29) is 0 Å². The third-order valence-corrected chi connectivity index (χ3v) is 0.279. The lowest BCUT2D eigenvalue weighted by Crippen LogP contribution is -2.18. The summed E-state index contributed by atoms with van der Waals surface area (Å²) in [5, 5.41) is 0. The van der Waals surface area contributed by atoms with Crippen LogP contribution in [0.3, 0.4) is 0 Å². The summed E-state index contributed by atoms with van der Waals surface area (Å²) in [6.07, 6.45) is -4.86. The largest absolute Gasteiger partial charge is 0.450 e. The molecule has 0 heterocycles. The molecule has 0 aliphatic rings. The van der Waals surface area contributed by atoms with Crippen LogP contribution in [0.4, 0.5) is 13.2 Å². The third kappa shape index (κ3) is 2.19. The highest BCUT2D eigenvalue weighted by Gasteiger charge is 2.34. The van der Waals surface area contributed by atoms with Crippen molar-refractivity contribution in [3.8, 4) is 0 Å². The van der Waals surface area contributed by atoms with Crippen molar-refractivity contribution < 1.29 is 18.0 Å². The number of ketones is 1. The molecule has 4 heteroatoms. The molecule has 0 amide bonds. The molecule has 0 aromatic carbocycles. The molecule has 0 spiro atoms. The Kier molecular flexibility index (Phi) is 1.40. The monoisotopic (exact) mass is 110 g/mol. The van der Waals surface area contributed by atoms with E-state index in [9.17, 15) is 13.2 Å². The summed E-state index contributed by atoms with van der Waals surface area (Å²) >= 11 is 0. The molecule has 0 bridgehead atoms. The predicted molar refractivity (Wildman–Crippen MR) is 15.4 cm³/mol. The van der Waals surface area contributed by atoms with Crippen LogP contribution in [0.1, 0.15) is 0 Å². The molecular formula is C3HF3O. The van der Waals surface area contributed by atoms with Gasteiger partial charge in [0.2, 0.25) is 5.78 Å². The maximum atomic E-state index is 10.7. The summed E-state index contributed by atoms with van der Waals surface area (Å²) in [5.74, 6) is -2.26. The van der Waals surface area contributed by atoms with Crippen LogP contribution in [0, 0.1) is 6.92 Å². The van der Waals surface area contributed by atoms with E-state index >= 15 is 0 Å². The van der Waals surface area contributed by atoms with Crippen LogP contribution in [0.15, 0.2) is 0 Å². The highest BCUT2D eigenvalue weighted by molar-refractivity contribution is 5.87. The molecule has 0 rings (SSSR count). The van der Waals surface area contributed by atoms with Gasteiger partial charge in [-0.25, -0.2) is 0 Å². The van der Waals surface area contributed by atoms with Crippen molar-refractivity contribution in [1.29, 1.82) is 0 Å². The molecule has 0 unspecified atom stereocenters. The molecule has 0 fully saturated rings. The summed E-state index contributed by atoms with van der Waals surface area (Å²) in [4.78, 5) is 9.12. The molecule has 0 saturated carbocycles. The van der Waals surface area contributed by atoms with E-state index in [4.69, 9.17) is 4.79 Å². The number of rotatable bonds is 0. The standard InChI is InChI=1S/C3HF3O/c1-2(7)3(4,5)6/h1H. The number of Topliss-reactive ketones (excluding diaryl/α,β-unsaturated/α-hetero) is 1. The zero-order chi connectivity index (χ0) is 6.08. The summed E-state index contributed by atoms with van der Waals surface area (Å²) in [6.45, 7) is 3.81. The van der Waals surface area contributed by atoms with E-state index in [2.05, 4.69) is 6.92 Å².